The minimum Gasteiger partial charge on any atom is -0.507 e. The summed E-state index contributed by atoms with van der Waals surface area (Å²) in [7, 11) is 0. The van der Waals surface area contributed by atoms with Gasteiger partial charge < -0.3 is 14.6 Å². The molecular weight excluding hydrogens is 502 g/mol. The van der Waals surface area contributed by atoms with Gasteiger partial charge in [0.2, 0.25) is 6.79 Å². The van der Waals surface area contributed by atoms with E-state index in [9.17, 15) is 14.7 Å². The molecule has 0 aromatic heterocycles. The van der Waals surface area contributed by atoms with Crippen molar-refractivity contribution in [3.63, 3.8) is 0 Å². The SMILES string of the molecule is Cc1ccc(N=Nc2ccc(O)c(/C=C3\SC(=O)N(Cc4cc5c(cc4Cl)OCO5)C3=O)c2)cc1C. The summed E-state index contributed by atoms with van der Waals surface area (Å²) in [5, 5.41) is 18.8. The van der Waals surface area contributed by atoms with Crippen molar-refractivity contribution in [3.8, 4) is 17.2 Å². The van der Waals surface area contributed by atoms with E-state index in [1.54, 1.807) is 24.3 Å². The highest BCUT2D eigenvalue weighted by atomic mass is 35.5. The summed E-state index contributed by atoms with van der Waals surface area (Å²) in [4.78, 5) is 26.9. The second-order valence-corrected chi connectivity index (χ2v) is 9.68. The van der Waals surface area contributed by atoms with Gasteiger partial charge in [-0.25, -0.2) is 0 Å². The van der Waals surface area contributed by atoms with Crippen molar-refractivity contribution >= 4 is 52.0 Å². The number of hydrogen-bond acceptors (Lipinski definition) is 8. The Morgan fingerprint density at radius 1 is 1.00 bits per heavy atom. The molecule has 0 atom stereocenters. The minimum atomic E-state index is -0.486. The van der Waals surface area contributed by atoms with Crippen LogP contribution >= 0.6 is 23.4 Å². The number of carbonyl (C=O) groups is 2. The third-order valence-electron chi connectivity index (χ3n) is 5.81. The second kappa shape index (κ2) is 9.67. The second-order valence-electron chi connectivity index (χ2n) is 8.28. The smallest absolute Gasteiger partial charge is 0.293 e. The van der Waals surface area contributed by atoms with Gasteiger partial charge in [0.05, 0.1) is 22.8 Å². The summed E-state index contributed by atoms with van der Waals surface area (Å²) >= 11 is 7.11. The van der Waals surface area contributed by atoms with Gasteiger partial charge in [-0.15, -0.1) is 0 Å². The van der Waals surface area contributed by atoms with Gasteiger partial charge in [0.25, 0.3) is 11.1 Å². The van der Waals surface area contributed by atoms with Crippen LogP contribution in [0, 0.1) is 13.8 Å². The van der Waals surface area contributed by atoms with Gasteiger partial charge in [-0.2, -0.15) is 10.2 Å². The quantitative estimate of drug-likeness (QED) is 0.285. The predicted molar refractivity (Wildman–Crippen MR) is 137 cm³/mol. The fraction of sp³-hybridized carbons (Fsp3) is 0.154. The van der Waals surface area contributed by atoms with Crippen molar-refractivity contribution in [2.24, 2.45) is 10.2 Å². The summed E-state index contributed by atoms with van der Waals surface area (Å²) in [6.07, 6.45) is 1.47. The molecule has 8 nitrogen and oxygen atoms in total. The number of phenols is 1. The number of carbonyl (C=O) groups excluding carboxylic acids is 2. The van der Waals surface area contributed by atoms with Crippen LogP contribution in [0.5, 0.6) is 17.2 Å². The third-order valence-corrected chi connectivity index (χ3v) is 7.07. The van der Waals surface area contributed by atoms with E-state index in [1.807, 2.05) is 32.0 Å². The molecule has 3 aromatic rings. The van der Waals surface area contributed by atoms with Crippen LogP contribution in [0.1, 0.15) is 22.3 Å². The lowest BCUT2D eigenvalue weighted by Crippen LogP contribution is -2.27. The molecule has 182 valence electrons. The molecule has 10 heteroatoms. The Labute approximate surface area is 216 Å². The molecule has 2 heterocycles. The molecule has 1 N–H and O–H groups in total. The number of aromatic hydroxyl groups is 1. The van der Waals surface area contributed by atoms with Gasteiger partial charge in [-0.05, 0) is 84.8 Å². The van der Waals surface area contributed by atoms with Gasteiger partial charge in [-0.3, -0.25) is 14.5 Å². The number of thioether (sulfide) groups is 1. The van der Waals surface area contributed by atoms with E-state index < -0.39 is 11.1 Å². The lowest BCUT2D eigenvalue weighted by atomic mass is 10.1. The molecule has 0 aliphatic carbocycles. The molecular formula is C26H20ClN3O5S. The van der Waals surface area contributed by atoms with Gasteiger partial charge in [0.15, 0.2) is 11.5 Å². The molecule has 2 aliphatic rings. The van der Waals surface area contributed by atoms with E-state index in [4.69, 9.17) is 21.1 Å². The maximum atomic E-state index is 13.0. The summed E-state index contributed by atoms with van der Waals surface area (Å²) in [5.41, 5.74) is 4.37. The Morgan fingerprint density at radius 2 is 1.69 bits per heavy atom. The molecule has 0 bridgehead atoms. The largest absolute Gasteiger partial charge is 0.507 e. The van der Waals surface area contributed by atoms with Crippen LogP contribution in [-0.4, -0.2) is 27.9 Å². The average molecular weight is 522 g/mol. The Morgan fingerprint density at radius 3 is 2.44 bits per heavy atom. The lowest BCUT2D eigenvalue weighted by Gasteiger charge is -2.14. The van der Waals surface area contributed by atoms with Gasteiger partial charge >= 0.3 is 0 Å². The Balaban J connectivity index is 1.36. The van der Waals surface area contributed by atoms with Gasteiger partial charge in [0, 0.05) is 16.7 Å². The van der Waals surface area contributed by atoms with Crippen LogP contribution < -0.4 is 9.47 Å². The standard InChI is InChI=1S/C26H20ClN3O5S/c1-14-3-4-18(7-15(14)2)28-29-19-5-6-21(31)16(8-19)10-24-25(32)30(26(33)36-24)12-17-9-22-23(11-20(17)27)35-13-34-22/h3-11,31H,12-13H2,1-2H3/b24-10-,29-28?. The number of azo groups is 1. The average Bonchev–Trinajstić information content (AvgIpc) is 3.40. The lowest BCUT2D eigenvalue weighted by molar-refractivity contribution is -0.123. The number of amides is 2. The number of fused-ring (bicyclic) bond motifs is 1. The maximum Gasteiger partial charge on any atom is 0.293 e. The molecule has 0 unspecified atom stereocenters. The Kier molecular flexibility index (Phi) is 6.42. The maximum absolute atomic E-state index is 13.0. The summed E-state index contributed by atoms with van der Waals surface area (Å²) in [6, 6.07) is 13.7. The van der Waals surface area contributed by atoms with Crippen LogP contribution in [0.15, 0.2) is 63.7 Å². The van der Waals surface area contributed by atoms with Crippen LogP contribution in [0.4, 0.5) is 16.2 Å². The predicted octanol–water partition coefficient (Wildman–Crippen LogP) is 7.04. The third kappa shape index (κ3) is 4.80. The first-order chi connectivity index (χ1) is 17.3. The number of halogens is 1. The number of ether oxygens (including phenoxy) is 2. The van der Waals surface area contributed by atoms with E-state index in [0.29, 0.717) is 39.0 Å². The Hall–Kier alpha value is -3.82. The number of imide groups is 1. The number of nitrogens with zero attached hydrogens (tertiary/aromatic N) is 3. The zero-order valence-electron chi connectivity index (χ0n) is 19.3. The van der Waals surface area contributed by atoms with Crippen LogP contribution in [-0.2, 0) is 11.3 Å². The molecule has 0 spiro atoms. The fourth-order valence-corrected chi connectivity index (χ4v) is 4.69. The summed E-state index contributed by atoms with van der Waals surface area (Å²) < 4.78 is 10.7. The van der Waals surface area contributed by atoms with Crippen molar-refractivity contribution in [2.75, 3.05) is 6.79 Å². The van der Waals surface area contributed by atoms with Crippen LogP contribution in [0.25, 0.3) is 6.08 Å². The van der Waals surface area contributed by atoms with Crippen molar-refractivity contribution in [2.45, 2.75) is 20.4 Å². The Bertz CT molecular complexity index is 1470. The molecule has 36 heavy (non-hydrogen) atoms. The van der Waals surface area contributed by atoms with Gasteiger partial charge in [0.1, 0.15) is 5.75 Å². The first-order valence-electron chi connectivity index (χ1n) is 10.9. The normalized spacial score (nSPS) is 16.1. The fourth-order valence-electron chi connectivity index (χ4n) is 3.65. The van der Waals surface area contributed by atoms with E-state index in [2.05, 4.69) is 10.2 Å². The first kappa shape index (κ1) is 23.9. The number of aryl methyl sites for hydroxylation is 2. The molecule has 2 aliphatic heterocycles. The molecule has 2 amide bonds. The zero-order chi connectivity index (χ0) is 25.4. The minimum absolute atomic E-state index is 0.0202. The van der Waals surface area contributed by atoms with Crippen molar-refractivity contribution in [3.05, 3.63) is 80.7 Å². The van der Waals surface area contributed by atoms with Crippen molar-refractivity contribution in [1.82, 2.24) is 4.90 Å². The molecule has 1 saturated heterocycles. The monoisotopic (exact) mass is 521 g/mol. The topological polar surface area (TPSA) is 101 Å². The number of rotatable bonds is 5. The van der Waals surface area contributed by atoms with E-state index >= 15 is 0 Å². The van der Waals surface area contributed by atoms with E-state index in [0.717, 1.165) is 27.8 Å². The van der Waals surface area contributed by atoms with Gasteiger partial charge in [-0.1, -0.05) is 17.7 Å². The number of phenolic OH excluding ortho intramolecular Hbond substituents is 1. The van der Waals surface area contributed by atoms with Crippen LogP contribution in [0.2, 0.25) is 5.02 Å². The highest BCUT2D eigenvalue weighted by molar-refractivity contribution is 8.18. The summed E-state index contributed by atoms with van der Waals surface area (Å²) in [6.45, 7) is 4.09. The molecule has 5 rings (SSSR count). The highest BCUT2D eigenvalue weighted by Gasteiger charge is 2.36. The molecule has 0 saturated carbocycles. The highest BCUT2D eigenvalue weighted by Crippen LogP contribution is 2.40. The molecule has 3 aromatic carbocycles. The van der Waals surface area contributed by atoms with Crippen molar-refractivity contribution < 1.29 is 24.2 Å². The van der Waals surface area contributed by atoms with E-state index in [1.165, 1.54) is 12.1 Å². The first-order valence-corrected chi connectivity index (χ1v) is 12.1. The van der Waals surface area contributed by atoms with E-state index in [-0.39, 0.29) is 24.0 Å². The molecule has 0 radical (unpaired) electrons. The zero-order valence-corrected chi connectivity index (χ0v) is 20.9. The van der Waals surface area contributed by atoms with Crippen molar-refractivity contribution in [1.29, 1.82) is 0 Å². The summed E-state index contributed by atoms with van der Waals surface area (Å²) in [5.74, 6) is 0.488. The number of hydrogen-bond donors (Lipinski definition) is 1. The number of benzene rings is 3. The molecule has 1 fully saturated rings. The van der Waals surface area contributed by atoms with Crippen LogP contribution in [0.3, 0.4) is 0 Å².